The molecule has 9 heteroatoms. The lowest BCUT2D eigenvalue weighted by atomic mass is 9.73. The topological polar surface area (TPSA) is 98.5 Å². The molecule has 0 atom stereocenters. The van der Waals surface area contributed by atoms with Crippen LogP contribution >= 0.6 is 0 Å². The second-order valence-electron chi connectivity index (χ2n) is 14.8. The highest BCUT2D eigenvalue weighted by Gasteiger charge is 2.43. The SMILES string of the molecule is CCN(C)CCCOc1ccc(C2(CN)CCOCC2)cc1.O=C(NC1CCC1)C1(c2ccc(OCCCN3CCCC3)cc2)CCOCC1. The summed E-state index contributed by atoms with van der Waals surface area (Å²) in [6, 6.07) is 17.1. The minimum atomic E-state index is -0.456. The molecular formula is C41H64N4O5. The molecule has 2 aromatic carbocycles. The zero-order valence-corrected chi connectivity index (χ0v) is 31.0. The van der Waals surface area contributed by atoms with Crippen LogP contribution in [0.2, 0.25) is 0 Å². The molecule has 3 heterocycles. The standard InChI is InChI=1S/C23H34N2O3.C18H30N2O2/c26-22(24-20-5-3-6-20)23(11-17-27-18-12-23)19-7-9-21(10-8-19)28-16-4-15-25-13-1-2-14-25;1-3-20(2)11-4-12-22-17-7-5-16(6-8-17)18(15-19)9-13-21-14-10-18/h7-10,20H,1-6,11-18H2,(H,24,26);5-8H,3-4,9-15,19H2,1-2H3. The van der Waals surface area contributed by atoms with Gasteiger partial charge >= 0.3 is 0 Å². The van der Waals surface area contributed by atoms with E-state index in [-0.39, 0.29) is 11.3 Å². The summed E-state index contributed by atoms with van der Waals surface area (Å²) in [6.07, 6.45) is 11.8. The molecular weight excluding hydrogens is 628 g/mol. The molecule has 2 aromatic rings. The minimum Gasteiger partial charge on any atom is -0.494 e. The van der Waals surface area contributed by atoms with Crippen LogP contribution in [-0.2, 0) is 25.1 Å². The van der Waals surface area contributed by atoms with E-state index in [4.69, 9.17) is 24.7 Å². The molecule has 3 aliphatic heterocycles. The third-order valence-corrected chi connectivity index (χ3v) is 11.5. The molecule has 3 N–H and O–H groups in total. The van der Waals surface area contributed by atoms with Crippen LogP contribution in [0.4, 0.5) is 0 Å². The first-order valence-corrected chi connectivity index (χ1v) is 19.5. The van der Waals surface area contributed by atoms with Gasteiger partial charge in [0.1, 0.15) is 11.5 Å². The molecule has 4 aliphatic rings. The van der Waals surface area contributed by atoms with Gasteiger partial charge in [-0.2, -0.15) is 0 Å². The smallest absolute Gasteiger partial charge is 0.231 e. The number of rotatable bonds is 16. The van der Waals surface area contributed by atoms with Gasteiger partial charge in [-0.15, -0.1) is 0 Å². The van der Waals surface area contributed by atoms with Gasteiger partial charge in [-0.25, -0.2) is 0 Å². The van der Waals surface area contributed by atoms with Crippen molar-refractivity contribution in [2.24, 2.45) is 5.73 Å². The monoisotopic (exact) mass is 692 g/mol. The Labute approximate surface area is 301 Å². The number of likely N-dealkylation sites (tertiary alicyclic amines) is 1. The minimum absolute atomic E-state index is 0.0839. The average Bonchev–Trinajstić information content (AvgIpc) is 3.68. The summed E-state index contributed by atoms with van der Waals surface area (Å²) in [5.41, 5.74) is 8.09. The molecule has 0 bridgehead atoms. The van der Waals surface area contributed by atoms with Gasteiger partial charge in [0, 0.05) is 57.5 Å². The lowest BCUT2D eigenvalue weighted by molar-refractivity contribution is -0.131. The number of benzene rings is 2. The Morgan fingerprint density at radius 3 is 1.94 bits per heavy atom. The predicted molar refractivity (Wildman–Crippen MR) is 200 cm³/mol. The highest BCUT2D eigenvalue weighted by Crippen LogP contribution is 2.37. The van der Waals surface area contributed by atoms with Crippen molar-refractivity contribution >= 4 is 5.91 Å². The summed E-state index contributed by atoms with van der Waals surface area (Å²) in [6.45, 7) is 13.0. The van der Waals surface area contributed by atoms with E-state index < -0.39 is 5.41 Å². The molecule has 278 valence electrons. The summed E-state index contributed by atoms with van der Waals surface area (Å²) >= 11 is 0. The Kier molecular flexibility index (Phi) is 15.3. The van der Waals surface area contributed by atoms with E-state index in [1.54, 1.807) is 0 Å². The van der Waals surface area contributed by atoms with Crippen LogP contribution in [-0.4, -0.2) is 108 Å². The normalized spacial score (nSPS) is 20.4. The van der Waals surface area contributed by atoms with Gasteiger partial charge in [-0.1, -0.05) is 31.2 Å². The number of hydrogen-bond donors (Lipinski definition) is 2. The quantitative estimate of drug-likeness (QED) is 0.217. The van der Waals surface area contributed by atoms with E-state index in [0.29, 0.717) is 25.8 Å². The second-order valence-corrected chi connectivity index (χ2v) is 14.8. The number of nitrogens with zero attached hydrogens (tertiary/aromatic N) is 2. The summed E-state index contributed by atoms with van der Waals surface area (Å²) < 4.78 is 22.8. The fraction of sp³-hybridized carbons (Fsp3) is 0.683. The Bertz CT molecular complexity index is 1250. The molecule has 4 fully saturated rings. The van der Waals surface area contributed by atoms with Crippen LogP contribution in [0, 0.1) is 0 Å². The first kappa shape index (κ1) is 38.5. The number of nitrogens with two attached hydrogens (primary N) is 1. The maximum Gasteiger partial charge on any atom is 0.231 e. The van der Waals surface area contributed by atoms with Crippen LogP contribution in [0.5, 0.6) is 11.5 Å². The Morgan fingerprint density at radius 1 is 0.840 bits per heavy atom. The van der Waals surface area contributed by atoms with Gasteiger partial charge in [0.2, 0.25) is 5.91 Å². The molecule has 50 heavy (non-hydrogen) atoms. The molecule has 3 saturated heterocycles. The van der Waals surface area contributed by atoms with Crippen molar-refractivity contribution in [1.82, 2.24) is 15.1 Å². The van der Waals surface area contributed by atoms with E-state index in [2.05, 4.69) is 65.5 Å². The van der Waals surface area contributed by atoms with Crippen LogP contribution in [0.3, 0.4) is 0 Å². The van der Waals surface area contributed by atoms with Gasteiger partial charge in [0.25, 0.3) is 0 Å². The van der Waals surface area contributed by atoms with E-state index in [9.17, 15) is 4.79 Å². The fourth-order valence-electron chi connectivity index (χ4n) is 7.56. The number of amides is 1. The lowest BCUT2D eigenvalue weighted by Gasteiger charge is -2.39. The van der Waals surface area contributed by atoms with Gasteiger partial charge < -0.3 is 39.8 Å². The summed E-state index contributed by atoms with van der Waals surface area (Å²) in [5.74, 6) is 2.02. The van der Waals surface area contributed by atoms with Crippen LogP contribution in [0.15, 0.2) is 48.5 Å². The van der Waals surface area contributed by atoms with Crippen molar-refractivity contribution in [2.75, 3.05) is 86.0 Å². The molecule has 0 unspecified atom stereocenters. The van der Waals surface area contributed by atoms with Crippen molar-refractivity contribution < 1.29 is 23.7 Å². The zero-order chi connectivity index (χ0) is 35.1. The van der Waals surface area contributed by atoms with Crippen molar-refractivity contribution in [3.63, 3.8) is 0 Å². The van der Waals surface area contributed by atoms with Gasteiger partial charge in [0.05, 0.1) is 18.6 Å². The van der Waals surface area contributed by atoms with Crippen molar-refractivity contribution in [2.45, 2.75) is 94.4 Å². The third-order valence-electron chi connectivity index (χ3n) is 11.5. The van der Waals surface area contributed by atoms with Gasteiger partial charge in [0.15, 0.2) is 0 Å². The lowest BCUT2D eigenvalue weighted by Crippen LogP contribution is -2.52. The highest BCUT2D eigenvalue weighted by molar-refractivity contribution is 5.88. The maximum atomic E-state index is 13.1. The number of ether oxygens (including phenoxy) is 4. The Hall–Kier alpha value is -2.69. The van der Waals surface area contributed by atoms with Gasteiger partial charge in [-0.05, 0) is 133 Å². The molecule has 1 aliphatic carbocycles. The van der Waals surface area contributed by atoms with Crippen molar-refractivity contribution in [3.8, 4) is 11.5 Å². The summed E-state index contributed by atoms with van der Waals surface area (Å²) in [4.78, 5) is 18.0. The van der Waals surface area contributed by atoms with E-state index in [0.717, 1.165) is 114 Å². The second kappa shape index (κ2) is 19.8. The molecule has 0 radical (unpaired) electrons. The maximum absolute atomic E-state index is 13.1. The summed E-state index contributed by atoms with van der Waals surface area (Å²) in [5, 5.41) is 3.28. The van der Waals surface area contributed by atoms with E-state index in [1.807, 2.05) is 12.1 Å². The largest absolute Gasteiger partial charge is 0.494 e. The Morgan fingerprint density at radius 2 is 1.40 bits per heavy atom. The third kappa shape index (κ3) is 10.7. The van der Waals surface area contributed by atoms with Crippen LogP contribution in [0.25, 0.3) is 0 Å². The van der Waals surface area contributed by atoms with Crippen LogP contribution in [0.1, 0.15) is 88.7 Å². The number of hydrogen-bond acceptors (Lipinski definition) is 8. The molecule has 1 saturated carbocycles. The van der Waals surface area contributed by atoms with Crippen LogP contribution < -0.4 is 20.5 Å². The number of nitrogens with one attached hydrogen (secondary N) is 1. The molecule has 6 rings (SSSR count). The van der Waals surface area contributed by atoms with E-state index in [1.165, 1.54) is 37.9 Å². The average molecular weight is 693 g/mol. The van der Waals surface area contributed by atoms with Crippen molar-refractivity contribution in [1.29, 1.82) is 0 Å². The molecule has 9 nitrogen and oxygen atoms in total. The first-order chi connectivity index (χ1) is 24.5. The molecule has 1 amide bonds. The number of carbonyl (C=O) groups excluding carboxylic acids is 1. The Balaban J connectivity index is 0.000000201. The number of carbonyl (C=O) groups is 1. The molecule has 0 spiro atoms. The highest BCUT2D eigenvalue weighted by atomic mass is 16.5. The van der Waals surface area contributed by atoms with E-state index >= 15 is 0 Å². The van der Waals surface area contributed by atoms with Gasteiger partial charge in [-0.3, -0.25) is 4.79 Å². The fourth-order valence-corrected chi connectivity index (χ4v) is 7.56. The molecule has 0 aromatic heterocycles. The predicted octanol–water partition coefficient (Wildman–Crippen LogP) is 5.68. The summed E-state index contributed by atoms with van der Waals surface area (Å²) in [7, 11) is 2.13. The zero-order valence-electron chi connectivity index (χ0n) is 31.0. The van der Waals surface area contributed by atoms with Crippen molar-refractivity contribution in [3.05, 3.63) is 59.7 Å². The first-order valence-electron chi connectivity index (χ1n) is 19.5.